The number of fused-ring (bicyclic) bond motifs is 1. The highest BCUT2D eigenvalue weighted by molar-refractivity contribution is 5.61. The molecule has 0 fully saturated rings. The van der Waals surface area contributed by atoms with E-state index in [4.69, 9.17) is 0 Å². The van der Waals surface area contributed by atoms with Crippen LogP contribution in [0.15, 0.2) is 47.7 Å². The molecule has 0 saturated heterocycles. The average molecular weight is 225 g/mol. The lowest BCUT2D eigenvalue weighted by Crippen LogP contribution is -2.21. The van der Waals surface area contributed by atoms with Gasteiger partial charge in [-0.1, -0.05) is 24.3 Å². The van der Waals surface area contributed by atoms with E-state index in [1.54, 1.807) is 5.57 Å². The molecule has 1 heterocycles. The lowest BCUT2D eigenvalue weighted by Gasteiger charge is -2.30. The fraction of sp³-hybridized carbons (Fsp3) is 0.375. The van der Waals surface area contributed by atoms with E-state index in [1.807, 2.05) is 0 Å². The number of rotatable bonds is 0. The molecule has 2 aliphatic rings. The van der Waals surface area contributed by atoms with Gasteiger partial charge in [0.2, 0.25) is 0 Å². The fourth-order valence-corrected chi connectivity index (χ4v) is 2.97. The minimum absolute atomic E-state index is 1.21. The van der Waals surface area contributed by atoms with Crippen LogP contribution in [0.25, 0.3) is 0 Å². The summed E-state index contributed by atoms with van der Waals surface area (Å²) in [5.74, 6) is 0. The maximum atomic E-state index is 2.37. The van der Waals surface area contributed by atoms with Crippen LogP contribution in [0.1, 0.15) is 31.2 Å². The quantitative estimate of drug-likeness (QED) is 0.643. The summed E-state index contributed by atoms with van der Waals surface area (Å²) in [5, 5.41) is 0. The maximum Gasteiger partial charge on any atom is 0.0440 e. The van der Waals surface area contributed by atoms with Crippen molar-refractivity contribution in [2.75, 3.05) is 11.9 Å². The molecule has 1 nitrogen and oxygen atoms in total. The minimum atomic E-state index is 1.21. The van der Waals surface area contributed by atoms with E-state index in [2.05, 4.69) is 48.4 Å². The Morgan fingerprint density at radius 3 is 2.88 bits per heavy atom. The number of para-hydroxylation sites is 1. The van der Waals surface area contributed by atoms with Crippen LogP contribution in [0, 0.1) is 0 Å². The molecule has 0 radical (unpaired) electrons. The predicted octanol–water partition coefficient (Wildman–Crippen LogP) is 4.06. The van der Waals surface area contributed by atoms with Gasteiger partial charge in [-0.05, 0) is 55.4 Å². The molecule has 0 unspecified atom stereocenters. The first kappa shape index (κ1) is 10.6. The lowest BCUT2D eigenvalue weighted by atomic mass is 9.92. The number of hydrogen-bond acceptors (Lipinski definition) is 1. The summed E-state index contributed by atoms with van der Waals surface area (Å²) in [6.45, 7) is 0. The molecular weight excluding hydrogens is 206 g/mol. The van der Waals surface area contributed by atoms with E-state index in [0.717, 1.165) is 0 Å². The Bertz CT molecular complexity index is 482. The van der Waals surface area contributed by atoms with Gasteiger partial charge in [-0.25, -0.2) is 0 Å². The molecule has 0 atom stereocenters. The molecule has 1 aliphatic heterocycles. The van der Waals surface area contributed by atoms with E-state index in [0.29, 0.717) is 0 Å². The summed E-state index contributed by atoms with van der Waals surface area (Å²) in [4.78, 5) is 2.37. The molecule has 88 valence electrons. The Labute approximate surface area is 103 Å². The number of allylic oxidation sites excluding steroid dienone is 3. The molecule has 0 saturated carbocycles. The first-order chi connectivity index (χ1) is 8.36. The summed E-state index contributed by atoms with van der Waals surface area (Å²) in [7, 11) is 2.20. The number of benzene rings is 1. The molecule has 0 N–H and O–H groups in total. The van der Waals surface area contributed by atoms with Gasteiger partial charge in [-0.2, -0.15) is 0 Å². The van der Waals surface area contributed by atoms with Gasteiger partial charge in [-0.3, -0.25) is 0 Å². The molecule has 0 bridgehead atoms. The zero-order valence-corrected chi connectivity index (χ0v) is 10.4. The number of hydrogen-bond donors (Lipinski definition) is 0. The summed E-state index contributed by atoms with van der Waals surface area (Å²) in [6.07, 6.45) is 10.8. The molecular formula is C16H19N. The monoisotopic (exact) mass is 225 g/mol. The standard InChI is InChI=1S/C16H19N/c1-17-15-11-4-2-7-13(15)9-6-10-14-8-3-5-12-16(14)17/h2,4-5,7,11-12H,3,6,8-10H2,1H3. The Kier molecular flexibility index (Phi) is 2.76. The van der Waals surface area contributed by atoms with Crippen LogP contribution in [-0.4, -0.2) is 7.05 Å². The van der Waals surface area contributed by atoms with Gasteiger partial charge in [0.05, 0.1) is 0 Å². The summed E-state index contributed by atoms with van der Waals surface area (Å²) < 4.78 is 0. The summed E-state index contributed by atoms with van der Waals surface area (Å²) in [5.41, 5.74) is 5.94. The lowest BCUT2D eigenvalue weighted by molar-refractivity contribution is 0.739. The number of likely N-dealkylation sites (N-methyl/N-ethyl adjacent to an activating group) is 1. The van der Waals surface area contributed by atoms with E-state index < -0.39 is 0 Å². The van der Waals surface area contributed by atoms with Crippen molar-refractivity contribution in [3.63, 3.8) is 0 Å². The molecule has 1 aromatic carbocycles. The van der Waals surface area contributed by atoms with Crippen LogP contribution in [0.3, 0.4) is 0 Å². The molecule has 1 aromatic rings. The highest BCUT2D eigenvalue weighted by Gasteiger charge is 2.18. The number of nitrogens with zero attached hydrogens (tertiary/aromatic N) is 1. The van der Waals surface area contributed by atoms with Gasteiger partial charge in [-0.15, -0.1) is 0 Å². The Balaban J connectivity index is 2.08. The molecule has 1 heteroatoms. The Hall–Kier alpha value is -1.50. The van der Waals surface area contributed by atoms with Crippen molar-refractivity contribution in [2.45, 2.75) is 32.1 Å². The van der Waals surface area contributed by atoms with E-state index in [9.17, 15) is 0 Å². The van der Waals surface area contributed by atoms with Gasteiger partial charge < -0.3 is 4.90 Å². The van der Waals surface area contributed by atoms with Crippen LogP contribution in [0.2, 0.25) is 0 Å². The average Bonchev–Trinajstić information content (AvgIpc) is 2.37. The third-order valence-corrected chi connectivity index (χ3v) is 3.89. The largest absolute Gasteiger partial charge is 0.344 e. The molecule has 1 aliphatic carbocycles. The van der Waals surface area contributed by atoms with E-state index in [-0.39, 0.29) is 0 Å². The zero-order valence-electron chi connectivity index (χ0n) is 10.4. The SMILES string of the molecule is CN1C2=C(CCC=C2)CCCc2ccccc21. The van der Waals surface area contributed by atoms with Gasteiger partial charge in [0, 0.05) is 18.4 Å². The Morgan fingerprint density at radius 2 is 1.94 bits per heavy atom. The predicted molar refractivity (Wildman–Crippen MR) is 73.2 cm³/mol. The van der Waals surface area contributed by atoms with Crippen LogP contribution in [0.5, 0.6) is 0 Å². The topological polar surface area (TPSA) is 3.24 Å². The summed E-state index contributed by atoms with van der Waals surface area (Å²) in [6, 6.07) is 8.81. The molecule has 0 aromatic heterocycles. The van der Waals surface area contributed by atoms with Crippen molar-refractivity contribution in [2.24, 2.45) is 0 Å². The van der Waals surface area contributed by atoms with Crippen molar-refractivity contribution in [3.8, 4) is 0 Å². The number of aryl methyl sites for hydroxylation is 1. The van der Waals surface area contributed by atoms with Crippen molar-refractivity contribution < 1.29 is 0 Å². The maximum absolute atomic E-state index is 2.37. The number of anilines is 1. The summed E-state index contributed by atoms with van der Waals surface area (Å²) >= 11 is 0. The van der Waals surface area contributed by atoms with E-state index in [1.165, 1.54) is 49.1 Å². The first-order valence-electron chi connectivity index (χ1n) is 6.56. The molecule has 0 spiro atoms. The normalized spacial score (nSPS) is 19.5. The highest BCUT2D eigenvalue weighted by atomic mass is 15.1. The van der Waals surface area contributed by atoms with Crippen LogP contribution < -0.4 is 4.90 Å². The smallest absolute Gasteiger partial charge is 0.0440 e. The van der Waals surface area contributed by atoms with Crippen molar-refractivity contribution >= 4 is 5.69 Å². The van der Waals surface area contributed by atoms with Crippen LogP contribution in [-0.2, 0) is 6.42 Å². The van der Waals surface area contributed by atoms with Crippen molar-refractivity contribution in [3.05, 3.63) is 53.3 Å². The molecule has 17 heavy (non-hydrogen) atoms. The molecule has 3 rings (SSSR count). The second kappa shape index (κ2) is 4.40. The highest BCUT2D eigenvalue weighted by Crippen LogP contribution is 2.33. The van der Waals surface area contributed by atoms with Crippen molar-refractivity contribution in [1.82, 2.24) is 0 Å². The van der Waals surface area contributed by atoms with E-state index >= 15 is 0 Å². The second-order valence-electron chi connectivity index (χ2n) is 4.97. The van der Waals surface area contributed by atoms with Crippen LogP contribution in [0.4, 0.5) is 5.69 Å². The van der Waals surface area contributed by atoms with Gasteiger partial charge in [0.1, 0.15) is 0 Å². The minimum Gasteiger partial charge on any atom is -0.344 e. The van der Waals surface area contributed by atoms with Crippen molar-refractivity contribution in [1.29, 1.82) is 0 Å². The zero-order chi connectivity index (χ0) is 11.7. The first-order valence-corrected chi connectivity index (χ1v) is 6.56. The fourth-order valence-electron chi connectivity index (χ4n) is 2.97. The molecule has 0 amide bonds. The second-order valence-corrected chi connectivity index (χ2v) is 4.97. The third kappa shape index (κ3) is 1.90. The van der Waals surface area contributed by atoms with Gasteiger partial charge >= 0.3 is 0 Å². The van der Waals surface area contributed by atoms with Gasteiger partial charge in [0.25, 0.3) is 0 Å². The Morgan fingerprint density at radius 1 is 1.06 bits per heavy atom. The third-order valence-electron chi connectivity index (χ3n) is 3.89. The van der Waals surface area contributed by atoms with Crippen LogP contribution >= 0.6 is 0 Å². The van der Waals surface area contributed by atoms with Gasteiger partial charge in [0.15, 0.2) is 0 Å².